The molecule has 0 unspecified atom stereocenters. The van der Waals surface area contributed by atoms with E-state index in [0.29, 0.717) is 13.0 Å². The van der Waals surface area contributed by atoms with Crippen molar-refractivity contribution in [2.75, 3.05) is 19.7 Å². The van der Waals surface area contributed by atoms with E-state index < -0.39 is 6.17 Å². The van der Waals surface area contributed by atoms with E-state index >= 15 is 0 Å². The van der Waals surface area contributed by atoms with Crippen LogP contribution in [-0.2, 0) is 3.07 Å². The Kier molecular flexibility index (Phi) is 3.70. The first kappa shape index (κ1) is 10.8. The molecule has 2 atom stereocenters. The van der Waals surface area contributed by atoms with Crippen molar-refractivity contribution in [3.8, 4) is 0 Å². The van der Waals surface area contributed by atoms with Gasteiger partial charge in [0.2, 0.25) is 0 Å². The van der Waals surface area contributed by atoms with E-state index in [1.165, 1.54) is 6.42 Å². The van der Waals surface area contributed by atoms with E-state index in [4.69, 9.17) is 3.07 Å². The van der Waals surface area contributed by atoms with Crippen LogP contribution in [0.2, 0.25) is 0 Å². The fraction of sp³-hybridized carbons (Fsp3) is 1.00. The summed E-state index contributed by atoms with van der Waals surface area (Å²) in [4.78, 5) is 2.30. The Morgan fingerprint density at radius 3 is 3.31 bits per heavy atom. The maximum atomic E-state index is 13.2. The van der Waals surface area contributed by atoms with Gasteiger partial charge in [-0.1, -0.05) is 0 Å². The second kappa shape index (κ2) is 4.44. The molecule has 2 saturated heterocycles. The zero-order chi connectivity index (χ0) is 9.31. The summed E-state index contributed by atoms with van der Waals surface area (Å²) in [5.41, 5.74) is 0.0876. The van der Waals surface area contributed by atoms with E-state index in [1.807, 2.05) is 0 Å². The summed E-state index contributed by atoms with van der Waals surface area (Å²) in [5, 5.41) is 0. The molecule has 2 heterocycles. The third-order valence-corrected chi connectivity index (χ3v) is 5.25. The van der Waals surface area contributed by atoms with Gasteiger partial charge in [0.1, 0.15) is 0 Å². The molecule has 0 bridgehead atoms. The van der Waals surface area contributed by atoms with Gasteiger partial charge in [0.25, 0.3) is 0 Å². The minimum atomic E-state index is -0.615. The topological polar surface area (TPSA) is 12.5 Å². The van der Waals surface area contributed by atoms with Crippen molar-refractivity contribution in [2.45, 2.75) is 31.0 Å². The van der Waals surface area contributed by atoms with E-state index in [2.05, 4.69) is 23.5 Å². The van der Waals surface area contributed by atoms with Gasteiger partial charge in [-0.2, -0.15) is 0 Å². The molecule has 0 aromatic carbocycles. The molecule has 0 saturated carbocycles. The second-order valence-electron chi connectivity index (χ2n) is 3.89. The second-order valence-corrected chi connectivity index (χ2v) is 7.08. The van der Waals surface area contributed by atoms with Crippen molar-refractivity contribution >= 4 is 18.6 Å². The quantitative estimate of drug-likeness (QED) is 0.549. The summed E-state index contributed by atoms with van der Waals surface area (Å²) < 4.78 is 18.8. The average Bonchev–Trinajstić information content (AvgIpc) is 2.57. The Bertz CT molecular complexity index is 195. The van der Waals surface area contributed by atoms with Crippen LogP contribution in [0.15, 0.2) is 0 Å². The van der Waals surface area contributed by atoms with Crippen LogP contribution < -0.4 is 17.6 Å². The zero-order valence-electron chi connectivity index (χ0n) is 7.31. The molecule has 2 aliphatic heterocycles. The van der Waals surface area contributed by atoms with Gasteiger partial charge in [-0.25, -0.2) is 0 Å². The molecule has 0 N–H and O–H groups in total. The Hall–Kier alpha value is 1.31. The third kappa shape index (κ3) is 2.12. The molecule has 5 heteroatoms. The first-order valence-electron chi connectivity index (χ1n) is 4.54. The molecule has 2 fully saturated rings. The van der Waals surface area contributed by atoms with E-state index in [0.717, 1.165) is 19.6 Å². The summed E-state index contributed by atoms with van der Waals surface area (Å²) >= 11 is 2.17. The normalized spacial score (nSPS) is 40.0. The summed E-state index contributed by atoms with van der Waals surface area (Å²) in [7, 11) is 0. The monoisotopic (exact) mass is 412 g/mol. The molecule has 78 valence electrons. The Labute approximate surface area is 98.6 Å². The molecule has 0 radical (unpaired) electrons. The molecule has 0 aliphatic carbocycles. The molecule has 0 amide bonds. The van der Waals surface area contributed by atoms with Crippen molar-refractivity contribution in [1.82, 2.24) is 4.90 Å². The third-order valence-electron chi connectivity index (χ3n) is 3.13. The SMILES string of the molecule is F[C@H]1CN2CCC[C@@]2(CO[I-]I)C1. The van der Waals surface area contributed by atoms with Crippen molar-refractivity contribution < 1.29 is 25.1 Å². The Balaban J connectivity index is 2.00. The predicted octanol–water partition coefficient (Wildman–Crippen LogP) is -1.07. The van der Waals surface area contributed by atoms with E-state index in [1.54, 1.807) is 0 Å². The number of halogens is 3. The van der Waals surface area contributed by atoms with Crippen molar-refractivity contribution in [2.24, 2.45) is 0 Å². The summed E-state index contributed by atoms with van der Waals surface area (Å²) in [5.74, 6) is 0. The number of rotatable bonds is 3. The standard InChI is InChI=1S/C8H13FI2NO/c9-7-4-8(6-13-11-10)2-1-3-12(8)5-7/h7H,1-6H2/q-1/t7-,8+/m1/s1. The predicted molar refractivity (Wildman–Crippen MR) is 53.0 cm³/mol. The molecule has 0 aromatic heterocycles. The zero-order valence-corrected chi connectivity index (χ0v) is 11.6. The van der Waals surface area contributed by atoms with Crippen LogP contribution in [0.25, 0.3) is 0 Å². The van der Waals surface area contributed by atoms with Crippen LogP contribution in [0.5, 0.6) is 0 Å². The number of hydrogen-bond donors (Lipinski definition) is 0. The fourth-order valence-corrected chi connectivity index (χ4v) is 4.06. The van der Waals surface area contributed by atoms with Crippen LogP contribution >= 0.6 is 18.6 Å². The molecule has 13 heavy (non-hydrogen) atoms. The first-order chi connectivity index (χ1) is 6.27. The van der Waals surface area contributed by atoms with Gasteiger partial charge in [0.05, 0.1) is 0 Å². The summed E-state index contributed by atoms with van der Waals surface area (Å²) in [6.07, 6.45) is 2.44. The van der Waals surface area contributed by atoms with Gasteiger partial charge in [-0.15, -0.1) is 0 Å². The summed E-state index contributed by atoms with van der Waals surface area (Å²) in [6, 6.07) is 0. The van der Waals surface area contributed by atoms with E-state index in [-0.39, 0.29) is 23.2 Å². The van der Waals surface area contributed by atoms with Crippen LogP contribution in [0.3, 0.4) is 0 Å². The van der Waals surface area contributed by atoms with Crippen LogP contribution in [-0.4, -0.2) is 36.3 Å². The summed E-state index contributed by atoms with van der Waals surface area (Å²) in [6.45, 7) is 2.48. The maximum absolute atomic E-state index is 13.2. The molecule has 2 nitrogen and oxygen atoms in total. The Morgan fingerprint density at radius 1 is 1.69 bits per heavy atom. The number of hydrogen-bond acceptors (Lipinski definition) is 2. The van der Waals surface area contributed by atoms with Crippen molar-refractivity contribution in [3.63, 3.8) is 0 Å². The number of alkyl halides is 1. The van der Waals surface area contributed by atoms with Gasteiger partial charge in [0, 0.05) is 0 Å². The molecule has 0 spiro atoms. The molecular formula is C8H13FI2NO-. The minimum absolute atomic E-state index is 0.0876. The van der Waals surface area contributed by atoms with Gasteiger partial charge in [-0.05, 0) is 0 Å². The first-order valence-corrected chi connectivity index (χ1v) is 11.7. The van der Waals surface area contributed by atoms with Crippen LogP contribution in [0, 0.1) is 0 Å². The number of nitrogens with zero attached hydrogens (tertiary/aromatic N) is 1. The van der Waals surface area contributed by atoms with Crippen molar-refractivity contribution in [3.05, 3.63) is 0 Å². The van der Waals surface area contributed by atoms with Crippen LogP contribution in [0.1, 0.15) is 19.3 Å². The fourth-order valence-electron chi connectivity index (χ4n) is 2.57. The van der Waals surface area contributed by atoms with Crippen LogP contribution in [0.4, 0.5) is 4.39 Å². The molecule has 2 aliphatic rings. The van der Waals surface area contributed by atoms with Crippen molar-refractivity contribution in [1.29, 1.82) is 0 Å². The van der Waals surface area contributed by atoms with Gasteiger partial charge >= 0.3 is 99.3 Å². The van der Waals surface area contributed by atoms with E-state index in [9.17, 15) is 4.39 Å². The molecule has 2 rings (SSSR count). The van der Waals surface area contributed by atoms with Gasteiger partial charge < -0.3 is 0 Å². The van der Waals surface area contributed by atoms with Gasteiger partial charge in [0.15, 0.2) is 0 Å². The van der Waals surface area contributed by atoms with Gasteiger partial charge in [-0.3, -0.25) is 0 Å². The molecule has 0 aromatic rings. The number of fused-ring (bicyclic) bond motifs is 1. The molecular weight excluding hydrogens is 399 g/mol. The Morgan fingerprint density at radius 2 is 2.54 bits per heavy atom. The average molecular weight is 412 g/mol.